The van der Waals surface area contributed by atoms with Gasteiger partial charge in [-0.2, -0.15) is 0 Å². The van der Waals surface area contributed by atoms with Crippen molar-refractivity contribution in [3.63, 3.8) is 0 Å². The summed E-state index contributed by atoms with van der Waals surface area (Å²) in [5, 5.41) is 10.6. The quantitative estimate of drug-likeness (QED) is 0.297. The summed E-state index contributed by atoms with van der Waals surface area (Å²) in [7, 11) is 0. The van der Waals surface area contributed by atoms with Crippen molar-refractivity contribution >= 4 is 68.1 Å². The molecule has 2 N–H and O–H groups in total. The van der Waals surface area contributed by atoms with Crippen LogP contribution in [0.25, 0.3) is 21.3 Å². The first-order valence-corrected chi connectivity index (χ1v) is 11.3. The molecule has 0 saturated carbocycles. The van der Waals surface area contributed by atoms with Crippen LogP contribution in [0.4, 0.5) is 4.39 Å². The van der Waals surface area contributed by atoms with Crippen LogP contribution in [0.1, 0.15) is 21.8 Å². The normalized spacial score (nSPS) is 11.1. The molecule has 4 aromatic rings. The van der Waals surface area contributed by atoms with Crippen LogP contribution in [-0.2, 0) is 11.2 Å². The number of carboxylic acid groups (broad SMARTS) is 1. The summed E-state index contributed by atoms with van der Waals surface area (Å²) in [5.41, 5.74) is 4.57. The summed E-state index contributed by atoms with van der Waals surface area (Å²) >= 11 is 19.9. The van der Waals surface area contributed by atoms with Crippen molar-refractivity contribution in [1.82, 2.24) is 4.68 Å². The molecular weight excluding hydrogens is 498 g/mol. The Morgan fingerprint density at radius 3 is 2.47 bits per heavy atom. The second-order valence-corrected chi connectivity index (χ2v) is 9.17. The molecule has 0 fully saturated rings. The molecule has 2 aromatic heterocycles. The van der Waals surface area contributed by atoms with Crippen LogP contribution < -0.4 is 5.43 Å². The summed E-state index contributed by atoms with van der Waals surface area (Å²) in [5.74, 6) is -1.86. The molecule has 5 nitrogen and oxygen atoms in total. The molecule has 4 rings (SSSR count). The van der Waals surface area contributed by atoms with Crippen LogP contribution in [-0.4, -0.2) is 21.7 Å². The van der Waals surface area contributed by atoms with Crippen LogP contribution in [0.5, 0.6) is 0 Å². The lowest BCUT2D eigenvalue weighted by Gasteiger charge is -2.14. The van der Waals surface area contributed by atoms with Gasteiger partial charge >= 0.3 is 5.97 Å². The number of rotatable bonds is 6. The lowest BCUT2D eigenvalue weighted by atomic mass is 10.1. The summed E-state index contributed by atoms with van der Waals surface area (Å²) < 4.78 is 15.5. The third-order valence-electron chi connectivity index (χ3n) is 4.77. The summed E-state index contributed by atoms with van der Waals surface area (Å²) in [6.07, 6.45) is 0.0544. The molecule has 0 saturated heterocycles. The Balaban J connectivity index is 1.74. The fourth-order valence-corrected chi connectivity index (χ4v) is 5.57. The van der Waals surface area contributed by atoms with Gasteiger partial charge in [-0.25, -0.2) is 4.39 Å². The van der Waals surface area contributed by atoms with Crippen LogP contribution in [0.15, 0.2) is 48.5 Å². The van der Waals surface area contributed by atoms with Gasteiger partial charge in [-0.15, -0.1) is 11.3 Å². The van der Waals surface area contributed by atoms with E-state index in [-0.39, 0.29) is 22.7 Å². The number of nitrogens with one attached hydrogen (secondary N) is 1. The highest BCUT2D eigenvalue weighted by atomic mass is 35.5. The third kappa shape index (κ3) is 4.47. The Hall–Kier alpha value is -2.58. The maximum atomic E-state index is 13.4. The molecule has 0 aliphatic rings. The van der Waals surface area contributed by atoms with E-state index in [0.29, 0.717) is 37.1 Å². The third-order valence-corrected chi connectivity index (χ3v) is 6.91. The molecule has 0 radical (unpaired) electrons. The van der Waals surface area contributed by atoms with Gasteiger partial charge in [0.15, 0.2) is 0 Å². The number of aliphatic carboxylic acids is 1. The van der Waals surface area contributed by atoms with Crippen molar-refractivity contribution in [2.24, 2.45) is 0 Å². The summed E-state index contributed by atoms with van der Waals surface area (Å²) in [6.45, 7) is 0. The fourth-order valence-electron chi connectivity index (χ4n) is 3.30. The molecule has 0 bridgehead atoms. The Morgan fingerprint density at radius 2 is 1.78 bits per heavy atom. The monoisotopic (exact) mass is 510 g/mol. The maximum Gasteiger partial charge on any atom is 0.303 e. The van der Waals surface area contributed by atoms with E-state index in [9.17, 15) is 14.0 Å². The predicted molar refractivity (Wildman–Crippen MR) is 126 cm³/mol. The molecule has 2 heterocycles. The zero-order valence-electron chi connectivity index (χ0n) is 16.2. The van der Waals surface area contributed by atoms with Crippen LogP contribution in [0, 0.1) is 5.82 Å². The van der Waals surface area contributed by atoms with Crippen molar-refractivity contribution in [1.29, 1.82) is 0 Å². The number of thiophene rings is 1. The number of aromatic nitrogens is 1. The predicted octanol–water partition coefficient (Wildman–Crippen LogP) is 6.87. The number of carbonyl (C=O) groups excluding carboxylic acids is 1. The number of benzene rings is 2. The number of nitrogens with zero attached hydrogens (tertiary/aromatic N) is 1. The highest BCUT2D eigenvalue weighted by Crippen LogP contribution is 2.41. The molecule has 0 aliphatic heterocycles. The number of fused-ring (bicyclic) bond motifs is 1. The first-order valence-electron chi connectivity index (χ1n) is 9.31. The topological polar surface area (TPSA) is 71.3 Å². The molecule has 1 amide bonds. The summed E-state index contributed by atoms with van der Waals surface area (Å²) in [4.78, 5) is 24.5. The molecule has 2 aromatic carbocycles. The molecule has 32 heavy (non-hydrogen) atoms. The molecule has 0 spiro atoms. The Morgan fingerprint density at radius 1 is 1.06 bits per heavy atom. The summed E-state index contributed by atoms with van der Waals surface area (Å²) in [6, 6.07) is 12.4. The van der Waals surface area contributed by atoms with Gasteiger partial charge in [0.05, 0.1) is 22.2 Å². The average molecular weight is 512 g/mol. The number of amides is 1. The SMILES string of the molecule is O=C(O)CCc1ccc(-c2ccc(F)cc2)n1NC(=O)c1sc2cc(Cl)cc(Cl)c2c1Cl. The van der Waals surface area contributed by atoms with Crippen molar-refractivity contribution in [3.05, 3.63) is 80.0 Å². The van der Waals surface area contributed by atoms with E-state index < -0.39 is 17.7 Å². The van der Waals surface area contributed by atoms with Gasteiger partial charge in [0.1, 0.15) is 10.7 Å². The standard InChI is InChI=1S/C22H14Cl3FN2O3S/c23-12-9-15(24)19-17(10-12)32-21(20(19)25)22(31)27-28-14(6-8-18(29)30)5-7-16(28)11-1-3-13(26)4-2-11/h1-5,7,9-10H,6,8H2,(H,27,31)(H,29,30). The molecule has 0 unspecified atom stereocenters. The van der Waals surface area contributed by atoms with Gasteiger partial charge < -0.3 is 5.11 Å². The van der Waals surface area contributed by atoms with Gasteiger partial charge in [0.2, 0.25) is 0 Å². The minimum Gasteiger partial charge on any atom is -0.481 e. The number of hydrogen-bond donors (Lipinski definition) is 2. The van der Waals surface area contributed by atoms with Crippen molar-refractivity contribution in [2.45, 2.75) is 12.8 Å². The molecule has 164 valence electrons. The van der Waals surface area contributed by atoms with Gasteiger partial charge in [0.25, 0.3) is 5.91 Å². The van der Waals surface area contributed by atoms with Gasteiger partial charge in [-0.1, -0.05) is 34.8 Å². The van der Waals surface area contributed by atoms with E-state index in [0.717, 1.165) is 11.3 Å². The maximum absolute atomic E-state index is 13.4. The Kier molecular flexibility index (Phi) is 6.44. The number of aryl methyl sites for hydroxylation is 1. The van der Waals surface area contributed by atoms with Crippen LogP contribution in [0.2, 0.25) is 15.1 Å². The van der Waals surface area contributed by atoms with E-state index in [2.05, 4.69) is 5.43 Å². The van der Waals surface area contributed by atoms with E-state index >= 15 is 0 Å². The number of carboxylic acids is 1. The lowest BCUT2D eigenvalue weighted by molar-refractivity contribution is -0.136. The Bertz CT molecular complexity index is 1350. The van der Waals surface area contributed by atoms with Crippen LogP contribution in [0.3, 0.4) is 0 Å². The van der Waals surface area contributed by atoms with Gasteiger partial charge in [-0.3, -0.25) is 19.7 Å². The molecule has 0 aliphatic carbocycles. The van der Waals surface area contributed by atoms with E-state index in [1.807, 2.05) is 0 Å². The molecular formula is C22H14Cl3FN2O3S. The van der Waals surface area contributed by atoms with Gasteiger partial charge in [0, 0.05) is 32.8 Å². The number of carbonyl (C=O) groups is 2. The fraction of sp³-hybridized carbons (Fsp3) is 0.0909. The average Bonchev–Trinajstić information content (AvgIpc) is 3.27. The lowest BCUT2D eigenvalue weighted by Crippen LogP contribution is -2.25. The number of hydrogen-bond acceptors (Lipinski definition) is 3. The zero-order chi connectivity index (χ0) is 23.0. The first-order chi connectivity index (χ1) is 15.2. The second kappa shape index (κ2) is 9.11. The van der Waals surface area contributed by atoms with Gasteiger partial charge in [-0.05, 0) is 48.5 Å². The Labute approximate surface area is 200 Å². The largest absolute Gasteiger partial charge is 0.481 e. The van der Waals surface area contributed by atoms with E-state index in [1.165, 1.54) is 16.8 Å². The highest BCUT2D eigenvalue weighted by Gasteiger charge is 2.22. The second-order valence-electron chi connectivity index (χ2n) is 6.89. The van der Waals surface area contributed by atoms with Crippen molar-refractivity contribution in [2.75, 3.05) is 5.43 Å². The number of halogens is 4. The molecule has 10 heteroatoms. The zero-order valence-corrected chi connectivity index (χ0v) is 19.2. The minimum atomic E-state index is -0.966. The van der Waals surface area contributed by atoms with Crippen molar-refractivity contribution in [3.8, 4) is 11.3 Å². The minimum absolute atomic E-state index is 0.125. The smallest absolute Gasteiger partial charge is 0.303 e. The van der Waals surface area contributed by atoms with Crippen LogP contribution >= 0.6 is 46.1 Å². The first kappa shape index (κ1) is 22.6. The van der Waals surface area contributed by atoms with E-state index in [1.54, 1.807) is 36.4 Å². The molecule has 0 atom stereocenters. The van der Waals surface area contributed by atoms with E-state index in [4.69, 9.17) is 39.9 Å². The highest BCUT2D eigenvalue weighted by molar-refractivity contribution is 7.21. The van der Waals surface area contributed by atoms with Crippen molar-refractivity contribution < 1.29 is 19.1 Å².